The Kier molecular flexibility index (Phi) is 8.29. The van der Waals surface area contributed by atoms with Gasteiger partial charge in [-0.1, -0.05) is 36.4 Å². The molecule has 0 fully saturated rings. The molecule has 2 aromatic rings. The maximum atomic E-state index is 12.4. The summed E-state index contributed by atoms with van der Waals surface area (Å²) in [6.45, 7) is 7.90. The van der Waals surface area contributed by atoms with Gasteiger partial charge in [-0.3, -0.25) is 14.5 Å². The smallest absolute Gasteiger partial charge is 0.238 e. The van der Waals surface area contributed by atoms with Crippen LogP contribution in [0.5, 0.6) is 0 Å². The van der Waals surface area contributed by atoms with Crippen LogP contribution in [-0.2, 0) is 9.59 Å². The maximum absolute atomic E-state index is 12.4. The average molecular weight is 398 g/mol. The predicted octanol–water partition coefficient (Wildman–Crippen LogP) is 4.09. The van der Waals surface area contributed by atoms with Crippen LogP contribution in [0.3, 0.4) is 0 Å². The summed E-state index contributed by atoms with van der Waals surface area (Å²) in [5.74, 6) is 0.467. The Hall–Kier alpha value is -2.57. The minimum absolute atomic E-state index is 0.126. The van der Waals surface area contributed by atoms with Crippen molar-refractivity contribution >= 4 is 35.0 Å². The fourth-order valence-electron chi connectivity index (χ4n) is 2.77. The average Bonchev–Trinajstić information content (AvgIpc) is 2.64. The monoisotopic (exact) mass is 397 g/mol. The molecule has 6 heteroatoms. The summed E-state index contributed by atoms with van der Waals surface area (Å²) >= 11 is 1.61. The minimum Gasteiger partial charge on any atom is -0.324 e. The molecule has 0 spiro atoms. The van der Waals surface area contributed by atoms with E-state index in [0.717, 1.165) is 33.2 Å². The van der Waals surface area contributed by atoms with Crippen molar-refractivity contribution in [1.29, 1.82) is 0 Å². The molecule has 2 rings (SSSR count). The first-order chi connectivity index (χ1) is 13.4. The first-order valence-electron chi connectivity index (χ1n) is 9.08. The highest BCUT2D eigenvalue weighted by Gasteiger charge is 2.14. The number of carbonyl (C=O) groups is 2. The van der Waals surface area contributed by atoms with Gasteiger partial charge in [0.15, 0.2) is 0 Å². The van der Waals surface area contributed by atoms with E-state index in [0.29, 0.717) is 0 Å². The lowest BCUT2D eigenvalue weighted by atomic mass is 10.1. The SMILES string of the molecule is C=CCSc1ccccc1NC(=O)CN(C)CC(=O)Nc1c(C)cccc1C. The summed E-state index contributed by atoms with van der Waals surface area (Å²) in [6, 6.07) is 13.5. The van der Waals surface area contributed by atoms with Gasteiger partial charge in [-0.15, -0.1) is 18.3 Å². The van der Waals surface area contributed by atoms with Gasteiger partial charge in [-0.05, 0) is 44.2 Å². The van der Waals surface area contributed by atoms with Crippen LogP contribution < -0.4 is 10.6 Å². The molecule has 0 unspecified atom stereocenters. The number of aryl methyl sites for hydroxylation is 2. The van der Waals surface area contributed by atoms with Crippen LogP contribution in [0.25, 0.3) is 0 Å². The molecular formula is C22H27N3O2S. The van der Waals surface area contributed by atoms with E-state index in [1.807, 2.05) is 62.4 Å². The Balaban J connectivity index is 1.89. The van der Waals surface area contributed by atoms with Crippen LogP contribution in [0.2, 0.25) is 0 Å². The summed E-state index contributed by atoms with van der Waals surface area (Å²) in [7, 11) is 1.75. The number of carbonyl (C=O) groups excluding carboxylic acids is 2. The molecule has 0 heterocycles. The number of rotatable bonds is 9. The number of nitrogens with one attached hydrogen (secondary N) is 2. The quantitative estimate of drug-likeness (QED) is 0.494. The molecule has 0 aromatic heterocycles. The van der Waals surface area contributed by atoms with Gasteiger partial charge in [-0.2, -0.15) is 0 Å². The van der Waals surface area contributed by atoms with Gasteiger partial charge in [0.05, 0.1) is 18.8 Å². The second-order valence-corrected chi connectivity index (χ2v) is 7.69. The Labute approximate surface area is 171 Å². The zero-order valence-corrected chi connectivity index (χ0v) is 17.4. The molecule has 2 aromatic carbocycles. The van der Waals surface area contributed by atoms with Crippen molar-refractivity contribution in [2.45, 2.75) is 18.7 Å². The molecule has 0 aliphatic rings. The van der Waals surface area contributed by atoms with Crippen molar-refractivity contribution in [2.75, 3.05) is 36.5 Å². The lowest BCUT2D eigenvalue weighted by Gasteiger charge is -2.18. The third kappa shape index (κ3) is 6.55. The van der Waals surface area contributed by atoms with E-state index in [4.69, 9.17) is 0 Å². The Morgan fingerprint density at radius 3 is 2.25 bits per heavy atom. The molecule has 28 heavy (non-hydrogen) atoms. The number of likely N-dealkylation sites (N-methyl/N-ethyl adjacent to an activating group) is 1. The number of nitrogens with zero attached hydrogens (tertiary/aromatic N) is 1. The number of anilines is 2. The molecule has 0 saturated carbocycles. The van der Waals surface area contributed by atoms with E-state index in [1.54, 1.807) is 23.7 Å². The van der Waals surface area contributed by atoms with Gasteiger partial charge in [-0.25, -0.2) is 0 Å². The largest absolute Gasteiger partial charge is 0.324 e. The number of benzene rings is 2. The summed E-state index contributed by atoms with van der Waals surface area (Å²) in [4.78, 5) is 27.4. The molecular weight excluding hydrogens is 370 g/mol. The highest BCUT2D eigenvalue weighted by Crippen LogP contribution is 2.26. The van der Waals surface area contributed by atoms with Crippen molar-refractivity contribution in [2.24, 2.45) is 0 Å². The third-order valence-corrected chi connectivity index (χ3v) is 5.16. The van der Waals surface area contributed by atoms with Gasteiger partial charge < -0.3 is 10.6 Å². The summed E-state index contributed by atoms with van der Waals surface area (Å²) in [5.41, 5.74) is 3.64. The molecule has 0 aliphatic heterocycles. The van der Waals surface area contributed by atoms with Crippen molar-refractivity contribution in [3.05, 3.63) is 66.2 Å². The maximum Gasteiger partial charge on any atom is 0.238 e. The molecule has 0 atom stereocenters. The van der Waals surface area contributed by atoms with Crippen molar-refractivity contribution in [3.63, 3.8) is 0 Å². The van der Waals surface area contributed by atoms with E-state index in [9.17, 15) is 9.59 Å². The summed E-state index contributed by atoms with van der Waals surface area (Å²) in [6.07, 6.45) is 1.83. The van der Waals surface area contributed by atoms with Gasteiger partial charge in [0.2, 0.25) is 11.8 Å². The molecule has 2 amide bonds. The Bertz CT molecular complexity index is 831. The summed E-state index contributed by atoms with van der Waals surface area (Å²) in [5, 5.41) is 5.86. The first-order valence-corrected chi connectivity index (χ1v) is 10.1. The van der Waals surface area contributed by atoms with E-state index in [1.165, 1.54) is 0 Å². The topological polar surface area (TPSA) is 61.4 Å². The summed E-state index contributed by atoms with van der Waals surface area (Å²) < 4.78 is 0. The fourth-order valence-corrected chi connectivity index (χ4v) is 3.52. The number of amides is 2. The lowest BCUT2D eigenvalue weighted by molar-refractivity contribution is -0.119. The van der Waals surface area contributed by atoms with E-state index in [2.05, 4.69) is 17.2 Å². The molecule has 0 aliphatic carbocycles. The van der Waals surface area contributed by atoms with Crippen molar-refractivity contribution in [1.82, 2.24) is 4.90 Å². The molecule has 0 radical (unpaired) electrons. The van der Waals surface area contributed by atoms with Gasteiger partial charge in [0.25, 0.3) is 0 Å². The molecule has 5 nitrogen and oxygen atoms in total. The second kappa shape index (κ2) is 10.7. The van der Waals surface area contributed by atoms with Gasteiger partial charge in [0.1, 0.15) is 0 Å². The molecule has 0 bridgehead atoms. The number of thioether (sulfide) groups is 1. The predicted molar refractivity (Wildman–Crippen MR) is 118 cm³/mol. The molecule has 2 N–H and O–H groups in total. The zero-order valence-electron chi connectivity index (χ0n) is 16.6. The highest BCUT2D eigenvalue weighted by atomic mass is 32.2. The zero-order chi connectivity index (χ0) is 20.5. The van der Waals surface area contributed by atoms with Crippen LogP contribution in [0.1, 0.15) is 11.1 Å². The van der Waals surface area contributed by atoms with Gasteiger partial charge >= 0.3 is 0 Å². The Morgan fingerprint density at radius 2 is 1.61 bits per heavy atom. The minimum atomic E-state index is -0.158. The molecule has 0 saturated heterocycles. The third-order valence-electron chi connectivity index (χ3n) is 4.09. The lowest BCUT2D eigenvalue weighted by Crippen LogP contribution is -2.36. The standard InChI is InChI=1S/C22H27N3O2S/c1-5-13-28-19-12-7-6-11-18(19)23-20(26)14-25(4)15-21(27)24-22-16(2)9-8-10-17(22)3/h5-12H,1,13-15H2,2-4H3,(H,23,26)(H,24,27). The van der Waals surface area contributed by atoms with Crippen LogP contribution in [0, 0.1) is 13.8 Å². The van der Waals surface area contributed by atoms with Crippen molar-refractivity contribution < 1.29 is 9.59 Å². The van der Waals surface area contributed by atoms with Crippen LogP contribution >= 0.6 is 11.8 Å². The van der Waals surface area contributed by atoms with E-state index >= 15 is 0 Å². The fraction of sp³-hybridized carbons (Fsp3) is 0.273. The highest BCUT2D eigenvalue weighted by molar-refractivity contribution is 7.99. The second-order valence-electron chi connectivity index (χ2n) is 6.63. The van der Waals surface area contributed by atoms with Crippen LogP contribution in [0.15, 0.2) is 60.0 Å². The van der Waals surface area contributed by atoms with Crippen molar-refractivity contribution in [3.8, 4) is 0 Å². The van der Waals surface area contributed by atoms with E-state index < -0.39 is 0 Å². The number of hydrogen-bond acceptors (Lipinski definition) is 4. The first kappa shape index (κ1) is 21.7. The van der Waals surface area contributed by atoms with Crippen LogP contribution in [-0.4, -0.2) is 42.6 Å². The normalized spacial score (nSPS) is 10.6. The number of hydrogen-bond donors (Lipinski definition) is 2. The van der Waals surface area contributed by atoms with Crippen LogP contribution in [0.4, 0.5) is 11.4 Å². The Morgan fingerprint density at radius 1 is 1.00 bits per heavy atom. The number of para-hydroxylation sites is 2. The molecule has 148 valence electrons. The van der Waals surface area contributed by atoms with Gasteiger partial charge in [0, 0.05) is 16.3 Å². The van der Waals surface area contributed by atoms with E-state index in [-0.39, 0.29) is 24.9 Å².